The molecule has 2 heterocycles. The van der Waals surface area contributed by atoms with Crippen molar-refractivity contribution in [3.05, 3.63) is 28.9 Å². The molecular weight excluding hydrogens is 292 g/mol. The van der Waals surface area contributed by atoms with Crippen molar-refractivity contribution in [1.29, 1.82) is 0 Å². The van der Waals surface area contributed by atoms with Gasteiger partial charge in [-0.25, -0.2) is 4.98 Å². The fourth-order valence-corrected chi connectivity index (χ4v) is 3.42. The van der Waals surface area contributed by atoms with E-state index in [0.717, 1.165) is 32.6 Å². The van der Waals surface area contributed by atoms with Crippen LogP contribution < -0.4 is 0 Å². The number of thiophene rings is 1. The van der Waals surface area contributed by atoms with Gasteiger partial charge in [-0.15, -0.1) is 21.6 Å². The number of aromatic nitrogens is 2. The first-order valence-electron chi connectivity index (χ1n) is 6.12. The predicted molar refractivity (Wildman–Crippen MR) is 81.7 cm³/mol. The van der Waals surface area contributed by atoms with Crippen molar-refractivity contribution in [2.75, 3.05) is 0 Å². The number of fused-ring (bicyclic) bond motifs is 1. The lowest BCUT2D eigenvalue weighted by Gasteiger charge is -2.05. The third-order valence-electron chi connectivity index (χ3n) is 2.93. The zero-order valence-electron chi connectivity index (χ0n) is 11.0. The lowest BCUT2D eigenvalue weighted by molar-refractivity contribution is 0.481. The monoisotopic (exact) mass is 304 g/mol. The second kappa shape index (κ2) is 5.26. The van der Waals surface area contributed by atoms with Crippen LogP contribution in [0.1, 0.15) is 17.4 Å². The van der Waals surface area contributed by atoms with Gasteiger partial charge in [0.25, 0.3) is 0 Å². The molecule has 0 atom stereocenters. The molecule has 3 aromatic rings. The number of nitrogens with zero attached hydrogens (tertiary/aromatic N) is 4. The Kier molecular flexibility index (Phi) is 3.45. The van der Waals surface area contributed by atoms with E-state index < -0.39 is 0 Å². The molecule has 0 aliphatic heterocycles. The average Bonchev–Trinajstić information content (AvgIpc) is 3.06. The van der Waals surface area contributed by atoms with Gasteiger partial charge < -0.3 is 5.11 Å². The van der Waals surface area contributed by atoms with E-state index in [1.807, 2.05) is 19.9 Å². The molecule has 0 aliphatic rings. The van der Waals surface area contributed by atoms with Crippen molar-refractivity contribution >= 4 is 43.8 Å². The maximum absolute atomic E-state index is 10.1. The molecule has 0 spiro atoms. The number of phenols is 1. The molecule has 1 aromatic carbocycles. The van der Waals surface area contributed by atoms with Crippen LogP contribution in [0.25, 0.3) is 10.1 Å². The van der Waals surface area contributed by atoms with E-state index in [0.29, 0.717) is 10.9 Å². The zero-order valence-corrected chi connectivity index (χ0v) is 12.6. The Bertz CT molecular complexity index is 777. The molecule has 1 N–H and O–H groups in total. The molecule has 0 fully saturated rings. The molecule has 20 heavy (non-hydrogen) atoms. The Morgan fingerprint density at radius 2 is 2.15 bits per heavy atom. The van der Waals surface area contributed by atoms with Crippen LogP contribution in [0.5, 0.6) is 5.75 Å². The Balaban J connectivity index is 2.19. The molecule has 7 heteroatoms. The van der Waals surface area contributed by atoms with Crippen LogP contribution in [0.3, 0.4) is 0 Å². The van der Waals surface area contributed by atoms with Gasteiger partial charge in [0, 0.05) is 21.8 Å². The number of azo groups is 1. The SMILES string of the molecule is CCc1cc(O)c2cc(C)sc2c1/N=N/c1ncns1. The normalized spacial score (nSPS) is 11.7. The lowest BCUT2D eigenvalue weighted by atomic mass is 10.1. The van der Waals surface area contributed by atoms with Crippen molar-refractivity contribution in [3.63, 3.8) is 0 Å². The van der Waals surface area contributed by atoms with Crippen molar-refractivity contribution in [2.24, 2.45) is 10.2 Å². The summed E-state index contributed by atoms with van der Waals surface area (Å²) >= 11 is 2.82. The number of rotatable bonds is 3. The second-order valence-electron chi connectivity index (χ2n) is 4.28. The number of aromatic hydroxyl groups is 1. The summed E-state index contributed by atoms with van der Waals surface area (Å²) in [5.74, 6) is 0.302. The second-order valence-corrected chi connectivity index (χ2v) is 6.30. The van der Waals surface area contributed by atoms with Gasteiger partial charge in [-0.3, -0.25) is 0 Å². The van der Waals surface area contributed by atoms with Crippen molar-refractivity contribution in [2.45, 2.75) is 20.3 Å². The number of phenolic OH excluding ortho intramolecular Hbond substituents is 1. The summed E-state index contributed by atoms with van der Waals surface area (Å²) in [4.78, 5) is 5.13. The maximum Gasteiger partial charge on any atom is 0.249 e. The van der Waals surface area contributed by atoms with Gasteiger partial charge in [0.05, 0.1) is 4.70 Å². The third-order valence-corrected chi connectivity index (χ3v) is 4.53. The van der Waals surface area contributed by atoms with Gasteiger partial charge in [-0.1, -0.05) is 6.92 Å². The minimum Gasteiger partial charge on any atom is -0.507 e. The van der Waals surface area contributed by atoms with Crippen LogP contribution >= 0.6 is 22.9 Å². The summed E-state index contributed by atoms with van der Waals surface area (Å²) in [6.45, 7) is 4.05. The van der Waals surface area contributed by atoms with Crippen molar-refractivity contribution in [1.82, 2.24) is 9.36 Å². The Morgan fingerprint density at radius 1 is 1.30 bits per heavy atom. The highest BCUT2D eigenvalue weighted by Gasteiger charge is 2.13. The standard InChI is InChI=1S/C13H12N4OS2/c1-3-8-5-10(18)9-4-7(2)19-12(9)11(8)16-17-13-14-6-15-20-13/h4-6,18H,3H2,1-2H3/b17-16+. The van der Waals surface area contributed by atoms with Crippen LogP contribution in [-0.2, 0) is 6.42 Å². The number of benzene rings is 1. The van der Waals surface area contributed by atoms with E-state index in [9.17, 15) is 5.11 Å². The molecule has 2 aromatic heterocycles. The van der Waals surface area contributed by atoms with Crippen molar-refractivity contribution < 1.29 is 5.11 Å². The van der Waals surface area contributed by atoms with Gasteiger partial charge in [0.2, 0.25) is 5.13 Å². The first-order valence-corrected chi connectivity index (χ1v) is 7.71. The lowest BCUT2D eigenvalue weighted by Crippen LogP contribution is -1.82. The van der Waals surface area contributed by atoms with Crippen LogP contribution in [-0.4, -0.2) is 14.5 Å². The molecule has 0 saturated carbocycles. The molecule has 0 aliphatic carbocycles. The quantitative estimate of drug-likeness (QED) is 0.710. The van der Waals surface area contributed by atoms with Crippen LogP contribution in [0, 0.1) is 6.92 Å². The molecule has 0 saturated heterocycles. The van der Waals surface area contributed by atoms with Crippen LogP contribution in [0.2, 0.25) is 0 Å². The number of aryl methyl sites for hydroxylation is 2. The van der Waals surface area contributed by atoms with E-state index in [4.69, 9.17) is 0 Å². The van der Waals surface area contributed by atoms with Crippen LogP contribution in [0.4, 0.5) is 10.8 Å². The highest BCUT2D eigenvalue weighted by molar-refractivity contribution is 7.19. The summed E-state index contributed by atoms with van der Waals surface area (Å²) in [6.07, 6.45) is 2.24. The Morgan fingerprint density at radius 3 is 2.85 bits per heavy atom. The van der Waals surface area contributed by atoms with Gasteiger partial charge in [-0.2, -0.15) is 4.37 Å². The number of hydrogen-bond donors (Lipinski definition) is 1. The van der Waals surface area contributed by atoms with E-state index in [1.165, 1.54) is 17.9 Å². The fraction of sp³-hybridized carbons (Fsp3) is 0.231. The largest absolute Gasteiger partial charge is 0.507 e. The Hall–Kier alpha value is -1.86. The summed E-state index contributed by atoms with van der Waals surface area (Å²) in [7, 11) is 0. The Labute approximate surface area is 123 Å². The summed E-state index contributed by atoms with van der Waals surface area (Å²) in [6, 6.07) is 3.74. The highest BCUT2D eigenvalue weighted by Crippen LogP contribution is 2.42. The minimum atomic E-state index is 0.302. The summed E-state index contributed by atoms with van der Waals surface area (Å²) < 4.78 is 4.86. The maximum atomic E-state index is 10.1. The molecule has 0 unspecified atom stereocenters. The molecule has 102 valence electrons. The van der Waals surface area contributed by atoms with E-state index in [2.05, 4.69) is 19.6 Å². The van der Waals surface area contributed by atoms with Gasteiger partial charge in [0.1, 0.15) is 17.8 Å². The molecule has 0 amide bonds. The average molecular weight is 304 g/mol. The molecule has 3 rings (SSSR count). The van der Waals surface area contributed by atoms with E-state index in [1.54, 1.807) is 17.4 Å². The van der Waals surface area contributed by atoms with Gasteiger partial charge in [0.15, 0.2) is 0 Å². The predicted octanol–water partition coefficient (Wildman–Crippen LogP) is 4.74. The molecule has 0 radical (unpaired) electrons. The van der Waals surface area contributed by atoms with E-state index >= 15 is 0 Å². The topological polar surface area (TPSA) is 70.7 Å². The summed E-state index contributed by atoms with van der Waals surface area (Å²) in [5.41, 5.74) is 1.79. The number of hydrogen-bond acceptors (Lipinski definition) is 7. The third kappa shape index (κ3) is 2.30. The van der Waals surface area contributed by atoms with E-state index in [-0.39, 0.29) is 0 Å². The molecule has 5 nitrogen and oxygen atoms in total. The van der Waals surface area contributed by atoms with Gasteiger partial charge in [-0.05, 0) is 31.0 Å². The molecular formula is C13H12N4OS2. The first-order chi connectivity index (χ1) is 9.69. The summed E-state index contributed by atoms with van der Waals surface area (Å²) in [5, 5.41) is 19.9. The zero-order chi connectivity index (χ0) is 14.1. The molecule has 0 bridgehead atoms. The van der Waals surface area contributed by atoms with Crippen molar-refractivity contribution in [3.8, 4) is 5.75 Å². The van der Waals surface area contributed by atoms with Crippen LogP contribution in [0.15, 0.2) is 28.7 Å². The highest BCUT2D eigenvalue weighted by atomic mass is 32.1. The smallest absolute Gasteiger partial charge is 0.249 e. The minimum absolute atomic E-state index is 0.302. The van der Waals surface area contributed by atoms with Gasteiger partial charge >= 0.3 is 0 Å². The fourth-order valence-electron chi connectivity index (χ4n) is 2.02. The first kappa shape index (κ1) is 13.1.